The summed E-state index contributed by atoms with van der Waals surface area (Å²) in [5.41, 5.74) is 4.70. The molecule has 0 atom stereocenters. The third-order valence-corrected chi connectivity index (χ3v) is 4.55. The van der Waals surface area contributed by atoms with Crippen molar-refractivity contribution in [3.8, 4) is 11.5 Å². The van der Waals surface area contributed by atoms with Crippen molar-refractivity contribution in [2.45, 2.75) is 34.6 Å². The number of methoxy groups -OCH3 is 1. The molecule has 0 radical (unpaired) electrons. The molecule has 0 aliphatic carbocycles. The average molecular weight is 425 g/mol. The van der Waals surface area contributed by atoms with Crippen LogP contribution < -0.4 is 20.1 Å². The van der Waals surface area contributed by atoms with Crippen molar-refractivity contribution < 1.29 is 19.1 Å². The minimum Gasteiger partial charge on any atom is -0.493 e. The van der Waals surface area contributed by atoms with E-state index in [2.05, 4.69) is 24.5 Å². The van der Waals surface area contributed by atoms with E-state index in [9.17, 15) is 9.59 Å². The largest absolute Gasteiger partial charge is 0.493 e. The lowest BCUT2D eigenvalue weighted by molar-refractivity contribution is -0.121. The van der Waals surface area contributed by atoms with Gasteiger partial charge in [0.25, 0.3) is 0 Å². The highest BCUT2D eigenvalue weighted by molar-refractivity contribution is 5.98. The van der Waals surface area contributed by atoms with E-state index in [0.717, 1.165) is 27.9 Å². The van der Waals surface area contributed by atoms with Crippen molar-refractivity contribution in [1.82, 2.24) is 5.32 Å². The summed E-state index contributed by atoms with van der Waals surface area (Å²) in [7, 11) is 1.58. The van der Waals surface area contributed by atoms with Crippen LogP contribution in [-0.4, -0.2) is 32.1 Å². The smallest absolute Gasteiger partial charge is 0.244 e. The van der Waals surface area contributed by atoms with Crippen molar-refractivity contribution in [2.75, 3.05) is 25.6 Å². The molecule has 0 aromatic heterocycles. The van der Waals surface area contributed by atoms with Crippen LogP contribution in [0.25, 0.3) is 6.08 Å². The molecule has 2 aromatic carbocycles. The Kier molecular flexibility index (Phi) is 8.67. The van der Waals surface area contributed by atoms with Gasteiger partial charge >= 0.3 is 0 Å². The van der Waals surface area contributed by atoms with Gasteiger partial charge in [-0.15, -0.1) is 0 Å². The topological polar surface area (TPSA) is 76.7 Å². The Bertz CT molecular complexity index is 941. The van der Waals surface area contributed by atoms with Gasteiger partial charge in [-0.05, 0) is 61.6 Å². The van der Waals surface area contributed by atoms with Gasteiger partial charge in [0.05, 0.1) is 20.3 Å². The van der Waals surface area contributed by atoms with Crippen LogP contribution >= 0.6 is 0 Å². The normalized spacial score (nSPS) is 10.9. The summed E-state index contributed by atoms with van der Waals surface area (Å²) in [5, 5.41) is 5.47. The summed E-state index contributed by atoms with van der Waals surface area (Å²) in [6.07, 6.45) is 3.05. The van der Waals surface area contributed by atoms with Crippen LogP contribution in [0.5, 0.6) is 11.5 Å². The van der Waals surface area contributed by atoms with Gasteiger partial charge in [-0.2, -0.15) is 0 Å². The fraction of sp³-hybridized carbons (Fsp3) is 0.360. The second-order valence-electron chi connectivity index (χ2n) is 7.99. The molecular weight excluding hydrogens is 392 g/mol. The monoisotopic (exact) mass is 424 g/mol. The van der Waals surface area contributed by atoms with Gasteiger partial charge in [0.1, 0.15) is 0 Å². The molecular formula is C25H32N2O4. The summed E-state index contributed by atoms with van der Waals surface area (Å²) in [6, 6.07) is 9.49. The molecule has 0 saturated heterocycles. The molecule has 0 bridgehead atoms. The van der Waals surface area contributed by atoms with E-state index in [1.54, 1.807) is 19.3 Å². The number of nitrogens with one attached hydrogen (secondary N) is 2. The number of benzene rings is 2. The highest BCUT2D eigenvalue weighted by Crippen LogP contribution is 2.29. The third-order valence-electron chi connectivity index (χ3n) is 4.55. The van der Waals surface area contributed by atoms with Crippen LogP contribution in [-0.2, 0) is 9.59 Å². The van der Waals surface area contributed by atoms with Gasteiger partial charge in [0.2, 0.25) is 11.8 Å². The molecule has 166 valence electrons. The first-order chi connectivity index (χ1) is 14.7. The Hall–Kier alpha value is -3.28. The number of carbonyl (C=O) groups is 2. The van der Waals surface area contributed by atoms with Gasteiger partial charge in [-0.3, -0.25) is 9.59 Å². The van der Waals surface area contributed by atoms with Gasteiger partial charge in [-0.1, -0.05) is 37.6 Å². The maximum atomic E-state index is 12.2. The molecule has 0 fully saturated rings. The molecule has 2 amide bonds. The molecule has 0 aliphatic heterocycles. The zero-order valence-corrected chi connectivity index (χ0v) is 19.2. The molecule has 0 spiro atoms. The van der Waals surface area contributed by atoms with Gasteiger partial charge < -0.3 is 20.1 Å². The maximum Gasteiger partial charge on any atom is 0.244 e. The zero-order chi connectivity index (χ0) is 23.0. The molecule has 6 nitrogen and oxygen atoms in total. The standard InChI is InChI=1S/C25H32N2O4/c1-16(2)15-31-21-9-7-20(13-22(21)30-6)8-10-23(28)26-14-24(29)27-25-18(4)11-17(3)12-19(25)5/h7-13,16H,14-15H2,1-6H3,(H,26,28)(H,27,29). The maximum absolute atomic E-state index is 12.2. The summed E-state index contributed by atoms with van der Waals surface area (Å²) in [4.78, 5) is 24.3. The van der Waals surface area contributed by atoms with Crippen molar-refractivity contribution >= 4 is 23.6 Å². The Morgan fingerprint density at radius 3 is 2.32 bits per heavy atom. The summed E-state index contributed by atoms with van der Waals surface area (Å²) in [5.74, 6) is 1.04. The first-order valence-corrected chi connectivity index (χ1v) is 10.3. The number of amides is 2. The summed E-state index contributed by atoms with van der Waals surface area (Å²) >= 11 is 0. The molecule has 0 saturated carbocycles. The fourth-order valence-electron chi connectivity index (χ4n) is 3.12. The lowest BCUT2D eigenvalue weighted by Gasteiger charge is -2.13. The predicted molar refractivity (Wildman–Crippen MR) is 125 cm³/mol. The average Bonchev–Trinajstić information content (AvgIpc) is 2.71. The number of rotatable bonds is 9. The predicted octanol–water partition coefficient (Wildman–Crippen LogP) is 4.42. The van der Waals surface area contributed by atoms with E-state index in [1.807, 2.05) is 45.0 Å². The highest BCUT2D eigenvalue weighted by atomic mass is 16.5. The van der Waals surface area contributed by atoms with E-state index in [1.165, 1.54) is 6.08 Å². The molecule has 0 aliphatic rings. The minimum atomic E-state index is -0.355. The first kappa shape index (κ1) is 24.0. The quantitative estimate of drug-likeness (QED) is 0.584. The Labute approximate surface area is 184 Å². The number of anilines is 1. The molecule has 31 heavy (non-hydrogen) atoms. The van der Waals surface area contributed by atoms with Crippen LogP contribution in [0.1, 0.15) is 36.1 Å². The van der Waals surface area contributed by atoms with E-state index >= 15 is 0 Å². The molecule has 2 rings (SSSR count). The Morgan fingerprint density at radius 1 is 1.03 bits per heavy atom. The van der Waals surface area contributed by atoms with E-state index in [4.69, 9.17) is 9.47 Å². The van der Waals surface area contributed by atoms with Crippen LogP contribution in [0, 0.1) is 26.7 Å². The Balaban J connectivity index is 1.91. The zero-order valence-electron chi connectivity index (χ0n) is 19.2. The summed E-state index contributed by atoms with van der Waals surface area (Å²) in [6.45, 7) is 10.5. The molecule has 0 unspecified atom stereocenters. The lowest BCUT2D eigenvalue weighted by atomic mass is 10.1. The van der Waals surface area contributed by atoms with E-state index < -0.39 is 0 Å². The van der Waals surface area contributed by atoms with E-state index in [-0.39, 0.29) is 18.4 Å². The third kappa shape index (κ3) is 7.48. The van der Waals surface area contributed by atoms with Crippen LogP contribution in [0.2, 0.25) is 0 Å². The SMILES string of the molecule is COc1cc(C=CC(=O)NCC(=O)Nc2c(C)cc(C)cc2C)ccc1OCC(C)C. The Morgan fingerprint density at radius 2 is 1.71 bits per heavy atom. The van der Waals surface area contributed by atoms with Gasteiger partial charge in [0, 0.05) is 11.8 Å². The fourth-order valence-corrected chi connectivity index (χ4v) is 3.12. The molecule has 6 heteroatoms. The number of hydrogen-bond acceptors (Lipinski definition) is 4. The molecule has 0 heterocycles. The second-order valence-corrected chi connectivity index (χ2v) is 7.99. The number of carbonyl (C=O) groups excluding carboxylic acids is 2. The van der Waals surface area contributed by atoms with Crippen LogP contribution in [0.3, 0.4) is 0 Å². The number of aryl methyl sites for hydroxylation is 3. The highest BCUT2D eigenvalue weighted by Gasteiger charge is 2.09. The van der Waals surface area contributed by atoms with Crippen molar-refractivity contribution in [3.05, 3.63) is 58.7 Å². The molecule has 2 aromatic rings. The van der Waals surface area contributed by atoms with Gasteiger partial charge in [-0.25, -0.2) is 0 Å². The van der Waals surface area contributed by atoms with Crippen LogP contribution in [0.4, 0.5) is 5.69 Å². The van der Waals surface area contributed by atoms with Gasteiger partial charge in [0.15, 0.2) is 11.5 Å². The van der Waals surface area contributed by atoms with Crippen molar-refractivity contribution in [1.29, 1.82) is 0 Å². The van der Waals surface area contributed by atoms with Crippen LogP contribution in [0.15, 0.2) is 36.4 Å². The minimum absolute atomic E-state index is 0.110. The second kappa shape index (κ2) is 11.2. The molecule has 2 N–H and O–H groups in total. The number of hydrogen-bond donors (Lipinski definition) is 2. The lowest BCUT2D eigenvalue weighted by Crippen LogP contribution is -2.32. The van der Waals surface area contributed by atoms with Crippen molar-refractivity contribution in [2.24, 2.45) is 5.92 Å². The van der Waals surface area contributed by atoms with Crippen molar-refractivity contribution in [3.63, 3.8) is 0 Å². The number of ether oxygens (including phenoxy) is 2. The van der Waals surface area contributed by atoms with E-state index in [0.29, 0.717) is 24.0 Å². The first-order valence-electron chi connectivity index (χ1n) is 10.3. The summed E-state index contributed by atoms with van der Waals surface area (Å²) < 4.78 is 11.1.